The van der Waals surface area contributed by atoms with E-state index < -0.39 is 0 Å². The van der Waals surface area contributed by atoms with Crippen LogP contribution in [0.4, 0.5) is 5.69 Å². The number of nitrogens with two attached hydrogens (primary N) is 1. The summed E-state index contributed by atoms with van der Waals surface area (Å²) in [5.74, 6) is 0.00710. The lowest BCUT2D eigenvalue weighted by Crippen LogP contribution is -2.33. The summed E-state index contributed by atoms with van der Waals surface area (Å²) in [5.41, 5.74) is 6.41. The van der Waals surface area contributed by atoms with Crippen LogP contribution < -0.4 is 11.1 Å². The molecule has 7 heteroatoms. The molecule has 0 fully saturated rings. The molecule has 0 bridgehead atoms. The van der Waals surface area contributed by atoms with Crippen molar-refractivity contribution in [3.8, 4) is 0 Å². The zero-order valence-corrected chi connectivity index (χ0v) is 12.9. The fourth-order valence-electron chi connectivity index (χ4n) is 1.88. The molecule has 0 saturated carbocycles. The van der Waals surface area contributed by atoms with Gasteiger partial charge >= 0.3 is 0 Å². The van der Waals surface area contributed by atoms with Crippen LogP contribution in [0.1, 0.15) is 13.8 Å². The first-order valence-electron chi connectivity index (χ1n) is 6.74. The molecule has 1 atom stereocenters. The Morgan fingerprint density at radius 1 is 1.38 bits per heavy atom. The van der Waals surface area contributed by atoms with E-state index in [-0.39, 0.29) is 17.7 Å². The third kappa shape index (κ3) is 4.30. The lowest BCUT2D eigenvalue weighted by atomic mass is 9.95. The van der Waals surface area contributed by atoms with Gasteiger partial charge in [-0.3, -0.25) is 9.89 Å². The number of amides is 1. The summed E-state index contributed by atoms with van der Waals surface area (Å²) >= 11 is 1.48. The van der Waals surface area contributed by atoms with Crippen molar-refractivity contribution in [3.63, 3.8) is 0 Å². The van der Waals surface area contributed by atoms with Gasteiger partial charge in [-0.05, 0) is 30.2 Å². The third-order valence-electron chi connectivity index (χ3n) is 3.12. The minimum absolute atomic E-state index is 0.0388. The van der Waals surface area contributed by atoms with Crippen LogP contribution in [0.5, 0.6) is 0 Å². The summed E-state index contributed by atoms with van der Waals surface area (Å²) in [5, 5.41) is 10.2. The number of H-pyrrole nitrogens is 1. The van der Waals surface area contributed by atoms with Gasteiger partial charge in [0.25, 0.3) is 0 Å². The zero-order chi connectivity index (χ0) is 15.2. The van der Waals surface area contributed by atoms with E-state index >= 15 is 0 Å². The van der Waals surface area contributed by atoms with Gasteiger partial charge in [0.05, 0.1) is 5.92 Å². The Labute approximate surface area is 127 Å². The van der Waals surface area contributed by atoms with Gasteiger partial charge in [0, 0.05) is 17.1 Å². The molecule has 1 amide bonds. The number of nitrogens with one attached hydrogen (secondary N) is 2. The van der Waals surface area contributed by atoms with Crippen molar-refractivity contribution in [2.45, 2.75) is 23.9 Å². The minimum Gasteiger partial charge on any atom is -0.330 e. The van der Waals surface area contributed by atoms with E-state index in [4.69, 9.17) is 5.73 Å². The molecule has 4 N–H and O–H groups in total. The predicted octanol–water partition coefficient (Wildman–Crippen LogP) is 2.13. The molecule has 0 radical (unpaired) electrons. The first-order valence-corrected chi connectivity index (χ1v) is 7.56. The molecule has 1 unspecified atom stereocenters. The van der Waals surface area contributed by atoms with Gasteiger partial charge in [-0.2, -0.15) is 5.10 Å². The maximum absolute atomic E-state index is 12.1. The molecule has 2 aromatic rings. The van der Waals surface area contributed by atoms with E-state index in [0.717, 1.165) is 15.7 Å². The van der Waals surface area contributed by atoms with Crippen LogP contribution in [0.2, 0.25) is 0 Å². The summed E-state index contributed by atoms with van der Waals surface area (Å²) in [7, 11) is 0. The molecule has 0 spiro atoms. The standard InChI is InChI=1S/C14H19N5OS/c1-9(2)12(7-15)13(20)18-10-3-5-11(6-4-10)21-14-16-8-17-19-14/h3-6,8-9,12H,7,15H2,1-2H3,(H,18,20)(H,16,17,19). The third-order valence-corrected chi connectivity index (χ3v) is 4.02. The molecule has 1 aromatic carbocycles. The number of anilines is 1. The number of hydrogen-bond donors (Lipinski definition) is 3. The highest BCUT2D eigenvalue weighted by atomic mass is 32.2. The van der Waals surface area contributed by atoms with Gasteiger partial charge in [0.15, 0.2) is 5.16 Å². The molecule has 21 heavy (non-hydrogen) atoms. The van der Waals surface area contributed by atoms with Gasteiger partial charge < -0.3 is 11.1 Å². The molecule has 0 saturated heterocycles. The summed E-state index contributed by atoms with van der Waals surface area (Å²) in [6.07, 6.45) is 1.47. The van der Waals surface area contributed by atoms with E-state index in [1.54, 1.807) is 0 Å². The molecular weight excluding hydrogens is 286 g/mol. The maximum atomic E-state index is 12.1. The Hall–Kier alpha value is -1.86. The second kappa shape index (κ2) is 7.24. The smallest absolute Gasteiger partial charge is 0.229 e. The molecule has 0 aliphatic rings. The largest absolute Gasteiger partial charge is 0.330 e. The van der Waals surface area contributed by atoms with Crippen LogP contribution in [0, 0.1) is 11.8 Å². The molecule has 1 aromatic heterocycles. The first kappa shape index (κ1) is 15.5. The van der Waals surface area contributed by atoms with Gasteiger partial charge in [-0.15, -0.1) is 0 Å². The maximum Gasteiger partial charge on any atom is 0.229 e. The van der Waals surface area contributed by atoms with E-state index in [0.29, 0.717) is 6.54 Å². The predicted molar refractivity (Wildman–Crippen MR) is 83.0 cm³/mol. The molecule has 2 rings (SSSR count). The SMILES string of the molecule is CC(C)C(CN)C(=O)Nc1ccc(Sc2ncn[nH]2)cc1. The van der Waals surface area contributed by atoms with Crippen molar-refractivity contribution in [1.29, 1.82) is 0 Å². The average molecular weight is 305 g/mol. The Morgan fingerprint density at radius 2 is 2.10 bits per heavy atom. The summed E-state index contributed by atoms with van der Waals surface area (Å²) < 4.78 is 0. The normalized spacial score (nSPS) is 12.4. The number of aromatic nitrogens is 3. The molecule has 112 valence electrons. The van der Waals surface area contributed by atoms with E-state index in [9.17, 15) is 4.79 Å². The van der Waals surface area contributed by atoms with Crippen LogP contribution >= 0.6 is 11.8 Å². The highest BCUT2D eigenvalue weighted by Crippen LogP contribution is 2.25. The minimum atomic E-state index is -0.173. The fraction of sp³-hybridized carbons (Fsp3) is 0.357. The Morgan fingerprint density at radius 3 is 2.62 bits per heavy atom. The number of benzene rings is 1. The molecule has 6 nitrogen and oxygen atoms in total. The van der Waals surface area contributed by atoms with E-state index in [1.165, 1.54) is 18.1 Å². The second-order valence-corrected chi connectivity index (χ2v) is 6.05. The fourth-order valence-corrected chi connectivity index (χ4v) is 2.57. The lowest BCUT2D eigenvalue weighted by Gasteiger charge is -2.18. The van der Waals surface area contributed by atoms with Crippen LogP contribution in [0.3, 0.4) is 0 Å². The number of nitrogens with zero attached hydrogens (tertiary/aromatic N) is 2. The van der Waals surface area contributed by atoms with Gasteiger partial charge in [-0.25, -0.2) is 4.98 Å². The molecular formula is C14H19N5OS. The number of hydrogen-bond acceptors (Lipinski definition) is 5. The van der Waals surface area contributed by atoms with Crippen molar-refractivity contribution in [2.75, 3.05) is 11.9 Å². The van der Waals surface area contributed by atoms with Crippen molar-refractivity contribution in [1.82, 2.24) is 15.2 Å². The zero-order valence-electron chi connectivity index (χ0n) is 12.0. The Balaban J connectivity index is 1.97. The van der Waals surface area contributed by atoms with Crippen LogP contribution in [-0.2, 0) is 4.79 Å². The molecule has 0 aliphatic carbocycles. The summed E-state index contributed by atoms with van der Waals surface area (Å²) in [6.45, 7) is 4.34. The number of carbonyl (C=O) groups excluding carboxylic acids is 1. The lowest BCUT2D eigenvalue weighted by molar-refractivity contribution is -0.120. The highest BCUT2D eigenvalue weighted by Gasteiger charge is 2.20. The highest BCUT2D eigenvalue weighted by molar-refractivity contribution is 7.99. The number of carbonyl (C=O) groups is 1. The quantitative estimate of drug-likeness (QED) is 0.759. The van der Waals surface area contributed by atoms with Gasteiger partial charge in [0.1, 0.15) is 6.33 Å². The van der Waals surface area contributed by atoms with Crippen molar-refractivity contribution < 1.29 is 4.79 Å². The van der Waals surface area contributed by atoms with Gasteiger partial charge in [0.2, 0.25) is 5.91 Å². The van der Waals surface area contributed by atoms with Crippen LogP contribution in [-0.4, -0.2) is 27.6 Å². The number of aromatic amines is 1. The molecule has 0 aliphatic heterocycles. The monoisotopic (exact) mass is 305 g/mol. The first-order chi connectivity index (χ1) is 10.1. The van der Waals surface area contributed by atoms with Gasteiger partial charge in [-0.1, -0.05) is 25.6 Å². The van der Waals surface area contributed by atoms with Crippen molar-refractivity contribution >= 4 is 23.4 Å². The Kier molecular flexibility index (Phi) is 5.35. The number of rotatable bonds is 6. The molecule has 1 heterocycles. The van der Waals surface area contributed by atoms with Crippen LogP contribution in [0.15, 0.2) is 40.6 Å². The average Bonchev–Trinajstić information content (AvgIpc) is 2.94. The Bertz CT molecular complexity index is 568. The summed E-state index contributed by atoms with van der Waals surface area (Å²) in [6, 6.07) is 7.58. The second-order valence-electron chi connectivity index (χ2n) is 4.99. The van der Waals surface area contributed by atoms with Crippen molar-refractivity contribution in [3.05, 3.63) is 30.6 Å². The van der Waals surface area contributed by atoms with E-state index in [2.05, 4.69) is 20.5 Å². The van der Waals surface area contributed by atoms with Crippen molar-refractivity contribution in [2.24, 2.45) is 17.6 Å². The topological polar surface area (TPSA) is 96.7 Å². The van der Waals surface area contributed by atoms with Crippen LogP contribution in [0.25, 0.3) is 0 Å². The van der Waals surface area contributed by atoms with E-state index in [1.807, 2.05) is 38.1 Å². The summed E-state index contributed by atoms with van der Waals surface area (Å²) in [4.78, 5) is 17.2.